The quantitative estimate of drug-likeness (QED) is 0.542. The van der Waals surface area contributed by atoms with Crippen molar-refractivity contribution < 1.29 is 14.3 Å². The number of hydrogen-bond acceptors (Lipinski definition) is 3. The molecule has 0 bridgehead atoms. The van der Waals surface area contributed by atoms with Gasteiger partial charge in [-0.3, -0.25) is 4.79 Å². The third-order valence-electron chi connectivity index (χ3n) is 4.23. The van der Waals surface area contributed by atoms with Crippen LogP contribution in [0.2, 0.25) is 0 Å². The number of hydrogen-bond donors (Lipinski definition) is 1. The average molecular weight is 365 g/mol. The van der Waals surface area contributed by atoms with Crippen LogP contribution in [0.1, 0.15) is 35.2 Å². The summed E-state index contributed by atoms with van der Waals surface area (Å²) in [4.78, 5) is 12.3. The van der Waals surface area contributed by atoms with Crippen molar-refractivity contribution in [1.82, 2.24) is 5.32 Å². The largest absolute Gasteiger partial charge is 0.493 e. The number of benzene rings is 2. The van der Waals surface area contributed by atoms with E-state index in [1.165, 1.54) is 11.6 Å². The molecule has 0 aliphatic carbocycles. The van der Waals surface area contributed by atoms with Gasteiger partial charge in [-0.05, 0) is 55.7 Å². The fourth-order valence-corrected chi connectivity index (χ4v) is 2.79. The number of rotatable bonds is 8. The Morgan fingerprint density at radius 2 is 1.96 bits per heavy atom. The molecule has 0 aliphatic heterocycles. The lowest BCUT2D eigenvalue weighted by atomic mass is 10.00. The van der Waals surface area contributed by atoms with E-state index in [9.17, 15) is 4.79 Å². The molecular formula is C23H27NO3. The zero-order chi connectivity index (χ0) is 19.8. The van der Waals surface area contributed by atoms with Crippen LogP contribution in [0, 0.1) is 13.8 Å². The lowest BCUT2D eigenvalue weighted by Crippen LogP contribution is -2.25. The Morgan fingerprint density at radius 1 is 1.19 bits per heavy atom. The number of ether oxygens (including phenoxy) is 2. The Morgan fingerprint density at radius 3 is 2.67 bits per heavy atom. The predicted octanol–water partition coefficient (Wildman–Crippen LogP) is 4.77. The van der Waals surface area contributed by atoms with Crippen LogP contribution in [0.3, 0.4) is 0 Å². The van der Waals surface area contributed by atoms with Crippen molar-refractivity contribution >= 4 is 12.0 Å². The van der Waals surface area contributed by atoms with E-state index in [1.54, 1.807) is 19.3 Å². The Balaban J connectivity index is 2.05. The first-order chi connectivity index (χ1) is 12.9. The highest BCUT2D eigenvalue weighted by atomic mass is 16.5. The van der Waals surface area contributed by atoms with E-state index in [2.05, 4.69) is 37.0 Å². The second-order valence-corrected chi connectivity index (χ2v) is 6.43. The number of carbonyl (C=O) groups is 1. The van der Waals surface area contributed by atoms with Gasteiger partial charge in [0.25, 0.3) is 0 Å². The highest BCUT2D eigenvalue weighted by Crippen LogP contribution is 2.28. The summed E-state index contributed by atoms with van der Waals surface area (Å²) in [6, 6.07) is 11.7. The first-order valence-corrected chi connectivity index (χ1v) is 8.92. The Labute approximate surface area is 161 Å². The van der Waals surface area contributed by atoms with Crippen LogP contribution in [0.4, 0.5) is 0 Å². The summed E-state index contributed by atoms with van der Waals surface area (Å²) in [7, 11) is 1.59. The van der Waals surface area contributed by atoms with Crippen LogP contribution in [0.15, 0.2) is 55.1 Å². The molecule has 2 aromatic carbocycles. The van der Waals surface area contributed by atoms with Crippen LogP contribution >= 0.6 is 0 Å². The number of carbonyl (C=O) groups excluding carboxylic acids is 1. The van der Waals surface area contributed by atoms with Crippen molar-refractivity contribution in [1.29, 1.82) is 0 Å². The smallest absolute Gasteiger partial charge is 0.244 e. The minimum Gasteiger partial charge on any atom is -0.493 e. The first kappa shape index (κ1) is 20.3. The molecule has 0 saturated heterocycles. The van der Waals surface area contributed by atoms with Gasteiger partial charge >= 0.3 is 0 Å². The van der Waals surface area contributed by atoms with Crippen molar-refractivity contribution in [3.63, 3.8) is 0 Å². The molecule has 142 valence electrons. The van der Waals surface area contributed by atoms with Crippen molar-refractivity contribution in [2.45, 2.75) is 26.8 Å². The molecule has 1 N–H and O–H groups in total. The normalized spacial score (nSPS) is 11.9. The minimum absolute atomic E-state index is 0.0636. The highest BCUT2D eigenvalue weighted by Gasteiger charge is 2.10. The topological polar surface area (TPSA) is 47.6 Å². The summed E-state index contributed by atoms with van der Waals surface area (Å²) in [5.74, 6) is 1.11. The van der Waals surface area contributed by atoms with Gasteiger partial charge in [0.1, 0.15) is 6.61 Å². The van der Waals surface area contributed by atoms with Crippen LogP contribution in [0.25, 0.3) is 6.08 Å². The van der Waals surface area contributed by atoms with E-state index < -0.39 is 0 Å². The zero-order valence-corrected chi connectivity index (χ0v) is 16.4. The van der Waals surface area contributed by atoms with Crippen molar-refractivity contribution in [3.8, 4) is 11.5 Å². The fourth-order valence-electron chi connectivity index (χ4n) is 2.79. The Bertz CT molecular complexity index is 840. The van der Waals surface area contributed by atoms with Crippen LogP contribution in [-0.2, 0) is 4.79 Å². The summed E-state index contributed by atoms with van der Waals surface area (Å²) < 4.78 is 10.9. The van der Waals surface area contributed by atoms with Gasteiger partial charge in [-0.25, -0.2) is 0 Å². The standard InChI is InChI=1S/C23H27NO3/c1-6-13-27-21-11-9-19(15-22(21)26-5)10-12-23(25)24-18(4)20-14-16(2)7-8-17(20)3/h6-12,14-15,18H,1,13H2,2-5H3,(H,24,25)/b12-10+. The van der Waals surface area contributed by atoms with E-state index in [1.807, 2.05) is 32.0 Å². The van der Waals surface area contributed by atoms with Gasteiger partial charge in [-0.2, -0.15) is 0 Å². The average Bonchev–Trinajstić information content (AvgIpc) is 2.66. The van der Waals surface area contributed by atoms with Crippen molar-refractivity contribution in [3.05, 3.63) is 77.4 Å². The number of nitrogens with one attached hydrogen (secondary N) is 1. The molecule has 4 heteroatoms. The SMILES string of the molecule is C=CCOc1ccc(/C=C/C(=O)NC(C)c2cc(C)ccc2C)cc1OC. The van der Waals surface area contributed by atoms with Crippen molar-refractivity contribution in [2.24, 2.45) is 0 Å². The maximum Gasteiger partial charge on any atom is 0.244 e. The molecule has 1 atom stereocenters. The van der Waals surface area contributed by atoms with Crippen LogP contribution < -0.4 is 14.8 Å². The van der Waals surface area contributed by atoms with E-state index in [4.69, 9.17) is 9.47 Å². The van der Waals surface area contributed by atoms with E-state index in [-0.39, 0.29) is 11.9 Å². The molecule has 27 heavy (non-hydrogen) atoms. The molecule has 0 aromatic heterocycles. The maximum absolute atomic E-state index is 12.3. The second-order valence-electron chi connectivity index (χ2n) is 6.43. The third kappa shape index (κ3) is 5.74. The summed E-state index contributed by atoms with van der Waals surface area (Å²) in [5, 5.41) is 3.01. The van der Waals surface area contributed by atoms with Crippen LogP contribution in [0.5, 0.6) is 11.5 Å². The monoisotopic (exact) mass is 365 g/mol. The molecular weight excluding hydrogens is 338 g/mol. The number of aryl methyl sites for hydroxylation is 2. The van der Waals surface area contributed by atoms with Crippen LogP contribution in [-0.4, -0.2) is 19.6 Å². The van der Waals surface area contributed by atoms with Gasteiger partial charge < -0.3 is 14.8 Å². The molecule has 0 radical (unpaired) electrons. The summed E-state index contributed by atoms with van der Waals surface area (Å²) in [6.45, 7) is 10.1. The van der Waals surface area contributed by atoms with Gasteiger partial charge in [-0.1, -0.05) is 42.5 Å². The summed E-state index contributed by atoms with van der Waals surface area (Å²) in [6.07, 6.45) is 4.96. The molecule has 0 saturated carbocycles. The molecule has 0 spiro atoms. The van der Waals surface area contributed by atoms with Gasteiger partial charge in [0, 0.05) is 6.08 Å². The Hall–Kier alpha value is -3.01. The molecule has 1 amide bonds. The van der Waals surface area contributed by atoms with E-state index in [0.717, 1.165) is 16.7 Å². The molecule has 2 aromatic rings. The van der Waals surface area contributed by atoms with Crippen molar-refractivity contribution in [2.75, 3.05) is 13.7 Å². The second kappa shape index (κ2) is 9.62. The number of methoxy groups -OCH3 is 1. The van der Waals surface area contributed by atoms with Gasteiger partial charge in [0.15, 0.2) is 11.5 Å². The lowest BCUT2D eigenvalue weighted by Gasteiger charge is -2.16. The molecule has 0 heterocycles. The first-order valence-electron chi connectivity index (χ1n) is 8.92. The highest BCUT2D eigenvalue weighted by molar-refractivity contribution is 5.92. The van der Waals surface area contributed by atoms with Gasteiger partial charge in [0.05, 0.1) is 13.2 Å². The molecule has 0 fully saturated rings. The summed E-state index contributed by atoms with van der Waals surface area (Å²) >= 11 is 0. The molecule has 1 unspecified atom stereocenters. The zero-order valence-electron chi connectivity index (χ0n) is 16.4. The molecule has 2 rings (SSSR count). The maximum atomic E-state index is 12.3. The fraction of sp³-hybridized carbons (Fsp3) is 0.261. The molecule has 4 nitrogen and oxygen atoms in total. The van der Waals surface area contributed by atoms with E-state index in [0.29, 0.717) is 18.1 Å². The minimum atomic E-state index is -0.144. The predicted molar refractivity (Wildman–Crippen MR) is 110 cm³/mol. The van der Waals surface area contributed by atoms with Gasteiger partial charge in [-0.15, -0.1) is 0 Å². The van der Waals surface area contributed by atoms with E-state index >= 15 is 0 Å². The third-order valence-corrected chi connectivity index (χ3v) is 4.23. The number of amides is 1. The molecule has 0 aliphatic rings. The summed E-state index contributed by atoms with van der Waals surface area (Å²) in [5.41, 5.74) is 4.32. The van der Waals surface area contributed by atoms with Gasteiger partial charge in [0.2, 0.25) is 5.91 Å². The Kier molecular flexibility index (Phi) is 7.24. The lowest BCUT2D eigenvalue weighted by molar-refractivity contribution is -0.117.